The van der Waals surface area contributed by atoms with Gasteiger partial charge < -0.3 is 15.4 Å². The molecule has 1 fully saturated rings. The van der Waals surface area contributed by atoms with Crippen LogP contribution in [0.3, 0.4) is 0 Å². The highest BCUT2D eigenvalue weighted by atomic mass is 19.1. The molecule has 144 valence electrons. The Morgan fingerprint density at radius 2 is 1.89 bits per heavy atom. The topological polar surface area (TPSA) is 50.4 Å². The van der Waals surface area contributed by atoms with Gasteiger partial charge in [-0.05, 0) is 55.5 Å². The summed E-state index contributed by atoms with van der Waals surface area (Å²) in [5.74, 6) is -0.182. The van der Waals surface area contributed by atoms with Crippen molar-refractivity contribution in [1.29, 1.82) is 0 Å². The van der Waals surface area contributed by atoms with E-state index < -0.39 is 5.41 Å². The van der Waals surface area contributed by atoms with Crippen LogP contribution in [0, 0.1) is 12.7 Å². The molecule has 1 saturated heterocycles. The van der Waals surface area contributed by atoms with E-state index in [4.69, 9.17) is 4.74 Å². The first-order valence-electron chi connectivity index (χ1n) is 9.53. The number of halogens is 1. The number of hydrogen-bond acceptors (Lipinski definition) is 3. The fourth-order valence-corrected chi connectivity index (χ4v) is 3.74. The fourth-order valence-electron chi connectivity index (χ4n) is 3.74. The monoisotopic (exact) mass is 370 g/mol. The summed E-state index contributed by atoms with van der Waals surface area (Å²) in [6.45, 7) is 4.51. The molecule has 0 spiro atoms. The third-order valence-corrected chi connectivity index (χ3v) is 5.23. The van der Waals surface area contributed by atoms with Gasteiger partial charge in [0.2, 0.25) is 5.91 Å². The van der Waals surface area contributed by atoms with Crippen molar-refractivity contribution in [3.63, 3.8) is 0 Å². The molecule has 1 amide bonds. The smallest absolute Gasteiger partial charge is 0.230 e. The van der Waals surface area contributed by atoms with Crippen LogP contribution in [0.25, 0.3) is 0 Å². The van der Waals surface area contributed by atoms with E-state index in [1.165, 1.54) is 12.1 Å². The normalized spacial score (nSPS) is 15.9. The molecule has 27 heavy (non-hydrogen) atoms. The second kappa shape index (κ2) is 9.00. The lowest BCUT2D eigenvalue weighted by atomic mass is 9.72. The average Bonchev–Trinajstić information content (AvgIpc) is 2.68. The number of nitrogens with one attached hydrogen (secondary N) is 2. The summed E-state index contributed by atoms with van der Waals surface area (Å²) in [5, 5.41) is 6.29. The summed E-state index contributed by atoms with van der Waals surface area (Å²) < 4.78 is 18.7. The molecule has 0 saturated carbocycles. The maximum absolute atomic E-state index is 13.2. The number of aryl methyl sites for hydroxylation is 1. The van der Waals surface area contributed by atoms with E-state index in [0.717, 1.165) is 23.2 Å². The van der Waals surface area contributed by atoms with Crippen molar-refractivity contribution in [3.8, 4) is 0 Å². The maximum atomic E-state index is 13.2. The Balaban J connectivity index is 1.56. The molecule has 0 bridgehead atoms. The predicted octanol–water partition coefficient (Wildman–Crippen LogP) is 3.80. The van der Waals surface area contributed by atoms with Crippen molar-refractivity contribution < 1.29 is 13.9 Å². The number of hydrogen-bond donors (Lipinski definition) is 2. The number of ether oxygens (including phenoxy) is 1. The molecule has 2 N–H and O–H groups in total. The van der Waals surface area contributed by atoms with Crippen LogP contribution in [0.15, 0.2) is 48.5 Å². The van der Waals surface area contributed by atoms with Crippen molar-refractivity contribution in [1.82, 2.24) is 5.32 Å². The largest absolute Gasteiger partial charge is 0.385 e. The summed E-state index contributed by atoms with van der Waals surface area (Å²) in [5.41, 5.74) is 2.48. The van der Waals surface area contributed by atoms with Crippen molar-refractivity contribution in [2.75, 3.05) is 31.6 Å². The molecule has 3 rings (SSSR count). The molecular weight excluding hydrogens is 343 g/mol. The van der Waals surface area contributed by atoms with Gasteiger partial charge in [0.05, 0.1) is 5.41 Å². The van der Waals surface area contributed by atoms with Gasteiger partial charge in [-0.3, -0.25) is 4.79 Å². The van der Waals surface area contributed by atoms with E-state index in [2.05, 4.69) is 29.7 Å². The Labute approximate surface area is 160 Å². The van der Waals surface area contributed by atoms with Gasteiger partial charge in [0, 0.05) is 32.0 Å². The predicted molar refractivity (Wildman–Crippen MR) is 105 cm³/mol. The SMILES string of the molecule is Cc1ccccc1C1(C(=O)NCCCNc2cccc(F)c2)CCOCC1. The van der Waals surface area contributed by atoms with E-state index in [-0.39, 0.29) is 11.7 Å². The van der Waals surface area contributed by atoms with Gasteiger partial charge in [0.1, 0.15) is 5.82 Å². The minimum atomic E-state index is -0.514. The molecule has 1 aliphatic rings. The van der Waals surface area contributed by atoms with Gasteiger partial charge in [0.15, 0.2) is 0 Å². The van der Waals surface area contributed by atoms with Crippen LogP contribution in [0.1, 0.15) is 30.4 Å². The van der Waals surface area contributed by atoms with Crippen LogP contribution >= 0.6 is 0 Å². The molecule has 1 aliphatic heterocycles. The fraction of sp³-hybridized carbons (Fsp3) is 0.409. The molecule has 0 atom stereocenters. The summed E-state index contributed by atoms with van der Waals surface area (Å²) in [7, 11) is 0. The number of carbonyl (C=O) groups is 1. The lowest BCUT2D eigenvalue weighted by Crippen LogP contribution is -2.48. The van der Waals surface area contributed by atoms with Gasteiger partial charge in [-0.25, -0.2) is 4.39 Å². The van der Waals surface area contributed by atoms with Crippen LogP contribution in [-0.2, 0) is 14.9 Å². The lowest BCUT2D eigenvalue weighted by Gasteiger charge is -2.37. The molecule has 0 unspecified atom stereocenters. The number of rotatable bonds is 7. The molecular formula is C22H27FN2O2. The van der Waals surface area contributed by atoms with Crippen molar-refractivity contribution in [2.24, 2.45) is 0 Å². The zero-order valence-corrected chi connectivity index (χ0v) is 15.8. The number of benzene rings is 2. The molecule has 1 heterocycles. The minimum Gasteiger partial charge on any atom is -0.385 e. The first-order valence-corrected chi connectivity index (χ1v) is 9.53. The molecule has 2 aromatic rings. The highest BCUT2D eigenvalue weighted by Crippen LogP contribution is 2.36. The number of amides is 1. The van der Waals surface area contributed by atoms with Crippen LogP contribution < -0.4 is 10.6 Å². The highest BCUT2D eigenvalue weighted by Gasteiger charge is 2.42. The summed E-state index contributed by atoms with van der Waals surface area (Å²) >= 11 is 0. The standard InChI is InChI=1S/C22H27FN2O2/c1-17-6-2-3-9-20(17)22(10-14-27-15-11-22)21(26)25-13-5-12-24-19-8-4-7-18(23)16-19/h2-4,6-9,16,24H,5,10-15H2,1H3,(H,25,26). The Morgan fingerprint density at radius 3 is 2.63 bits per heavy atom. The van der Waals surface area contributed by atoms with E-state index in [1.54, 1.807) is 6.07 Å². The van der Waals surface area contributed by atoms with Gasteiger partial charge >= 0.3 is 0 Å². The second-order valence-corrected chi connectivity index (χ2v) is 7.06. The van der Waals surface area contributed by atoms with Crippen LogP contribution in [0.2, 0.25) is 0 Å². The van der Waals surface area contributed by atoms with Crippen LogP contribution in [-0.4, -0.2) is 32.2 Å². The van der Waals surface area contributed by atoms with Crippen molar-refractivity contribution in [3.05, 3.63) is 65.5 Å². The van der Waals surface area contributed by atoms with Gasteiger partial charge in [-0.2, -0.15) is 0 Å². The average molecular weight is 370 g/mol. The highest BCUT2D eigenvalue weighted by molar-refractivity contribution is 5.88. The third-order valence-electron chi connectivity index (χ3n) is 5.23. The van der Waals surface area contributed by atoms with Gasteiger partial charge in [-0.1, -0.05) is 30.3 Å². The minimum absolute atomic E-state index is 0.0749. The summed E-state index contributed by atoms with van der Waals surface area (Å²) in [4.78, 5) is 13.1. The first-order chi connectivity index (χ1) is 13.1. The number of carbonyl (C=O) groups excluding carboxylic acids is 1. The van der Waals surface area contributed by atoms with E-state index in [0.29, 0.717) is 39.1 Å². The van der Waals surface area contributed by atoms with E-state index in [9.17, 15) is 9.18 Å². The van der Waals surface area contributed by atoms with Crippen molar-refractivity contribution >= 4 is 11.6 Å². The third kappa shape index (κ3) is 4.66. The van der Waals surface area contributed by atoms with Gasteiger partial charge in [0.25, 0.3) is 0 Å². The van der Waals surface area contributed by atoms with Crippen LogP contribution in [0.4, 0.5) is 10.1 Å². The van der Waals surface area contributed by atoms with Gasteiger partial charge in [-0.15, -0.1) is 0 Å². The number of anilines is 1. The molecule has 4 nitrogen and oxygen atoms in total. The quantitative estimate of drug-likeness (QED) is 0.729. The van der Waals surface area contributed by atoms with Crippen LogP contribution in [0.5, 0.6) is 0 Å². The zero-order valence-electron chi connectivity index (χ0n) is 15.8. The zero-order chi connectivity index (χ0) is 19.1. The second-order valence-electron chi connectivity index (χ2n) is 7.06. The Hall–Kier alpha value is -2.40. The van der Waals surface area contributed by atoms with Crippen molar-refractivity contribution in [2.45, 2.75) is 31.6 Å². The molecule has 0 radical (unpaired) electrons. The Bertz CT molecular complexity index is 772. The molecule has 0 aliphatic carbocycles. The lowest BCUT2D eigenvalue weighted by molar-refractivity contribution is -0.130. The molecule has 2 aromatic carbocycles. The summed E-state index contributed by atoms with van der Waals surface area (Å²) in [6, 6.07) is 14.5. The summed E-state index contributed by atoms with van der Waals surface area (Å²) in [6.07, 6.45) is 2.17. The molecule has 5 heteroatoms. The first kappa shape index (κ1) is 19.4. The maximum Gasteiger partial charge on any atom is 0.230 e. The Morgan fingerprint density at radius 1 is 1.11 bits per heavy atom. The Kier molecular flexibility index (Phi) is 6.45. The molecule has 0 aromatic heterocycles. The van der Waals surface area contributed by atoms with E-state index in [1.807, 2.05) is 18.2 Å². The van der Waals surface area contributed by atoms with E-state index >= 15 is 0 Å².